The highest BCUT2D eigenvalue weighted by molar-refractivity contribution is 5.99. The Labute approximate surface area is 143 Å². The van der Waals surface area contributed by atoms with Crippen molar-refractivity contribution in [1.29, 1.82) is 0 Å². The van der Waals surface area contributed by atoms with Crippen molar-refractivity contribution in [3.05, 3.63) is 82.0 Å². The summed E-state index contributed by atoms with van der Waals surface area (Å²) in [5, 5.41) is 2.66. The molecule has 0 aliphatic heterocycles. The van der Waals surface area contributed by atoms with Crippen molar-refractivity contribution >= 4 is 5.91 Å². The Hall–Kier alpha value is -3.15. The highest BCUT2D eigenvalue weighted by Crippen LogP contribution is 2.21. The molecule has 0 atom stereocenters. The van der Waals surface area contributed by atoms with Crippen molar-refractivity contribution < 1.29 is 13.7 Å². The van der Waals surface area contributed by atoms with Gasteiger partial charge in [0.15, 0.2) is 5.56 Å². The van der Waals surface area contributed by atoms with Gasteiger partial charge in [0.1, 0.15) is 11.5 Å². The molecule has 0 saturated heterocycles. The van der Waals surface area contributed by atoms with Gasteiger partial charge in [-0.05, 0) is 18.1 Å². The molecule has 1 aromatic heterocycles. The topological polar surface area (TPSA) is 64.2 Å². The third-order valence-corrected chi connectivity index (χ3v) is 3.89. The molecule has 5 nitrogen and oxygen atoms in total. The quantitative estimate of drug-likeness (QED) is 0.777. The second-order valence-corrected chi connectivity index (χ2v) is 5.56. The van der Waals surface area contributed by atoms with Gasteiger partial charge < -0.3 is 9.84 Å². The summed E-state index contributed by atoms with van der Waals surface area (Å²) in [6, 6.07) is 15.4. The van der Waals surface area contributed by atoms with Crippen molar-refractivity contribution in [1.82, 2.24) is 10.1 Å². The van der Waals surface area contributed by atoms with Crippen molar-refractivity contribution in [2.24, 2.45) is 7.05 Å². The molecule has 0 spiro atoms. The first-order chi connectivity index (χ1) is 12.1. The summed E-state index contributed by atoms with van der Waals surface area (Å²) in [5.41, 5.74) is 0.863. The average molecular weight is 340 g/mol. The summed E-state index contributed by atoms with van der Waals surface area (Å²) < 4.78 is 19.9. The average Bonchev–Trinajstić information content (AvgIpc) is 2.91. The summed E-state index contributed by atoms with van der Waals surface area (Å²) in [7, 11) is 1.57. The van der Waals surface area contributed by atoms with Crippen molar-refractivity contribution in [3.63, 3.8) is 0 Å². The molecule has 1 N–H and O–H groups in total. The standard InChI is InChI=1S/C19H17FN2O3/c1-22-17(14-8-3-2-4-9-14)16(19(24)25-22)18(23)21-12-11-13-7-5-6-10-15(13)20/h2-10H,11-12H2,1H3,(H,21,23). The van der Waals surface area contributed by atoms with Crippen LogP contribution in [0.3, 0.4) is 0 Å². The Morgan fingerprint density at radius 3 is 2.52 bits per heavy atom. The zero-order chi connectivity index (χ0) is 17.8. The van der Waals surface area contributed by atoms with Crippen LogP contribution < -0.4 is 10.9 Å². The van der Waals surface area contributed by atoms with E-state index in [2.05, 4.69) is 5.32 Å². The summed E-state index contributed by atoms with van der Waals surface area (Å²) in [4.78, 5) is 24.5. The Morgan fingerprint density at radius 2 is 1.80 bits per heavy atom. The highest BCUT2D eigenvalue weighted by atomic mass is 19.1. The molecule has 0 unspecified atom stereocenters. The first-order valence-corrected chi connectivity index (χ1v) is 7.85. The van der Waals surface area contributed by atoms with Gasteiger partial charge in [0.2, 0.25) is 0 Å². The first kappa shape index (κ1) is 16.7. The predicted octanol–water partition coefficient (Wildman–Crippen LogP) is 2.76. The molecule has 6 heteroatoms. The number of amides is 1. The molecule has 0 bridgehead atoms. The molecule has 0 radical (unpaired) electrons. The maximum absolute atomic E-state index is 13.6. The number of rotatable bonds is 5. The zero-order valence-electron chi connectivity index (χ0n) is 13.7. The highest BCUT2D eigenvalue weighted by Gasteiger charge is 2.23. The third-order valence-electron chi connectivity index (χ3n) is 3.89. The van der Waals surface area contributed by atoms with Crippen LogP contribution in [0.25, 0.3) is 11.3 Å². The lowest BCUT2D eigenvalue weighted by molar-refractivity contribution is 0.0952. The molecule has 0 saturated carbocycles. The molecule has 2 aromatic carbocycles. The first-order valence-electron chi connectivity index (χ1n) is 7.85. The van der Waals surface area contributed by atoms with Gasteiger partial charge in [0, 0.05) is 19.2 Å². The Kier molecular flexibility index (Phi) is 4.79. The van der Waals surface area contributed by atoms with Gasteiger partial charge >= 0.3 is 5.63 Å². The second-order valence-electron chi connectivity index (χ2n) is 5.56. The number of aryl methyl sites for hydroxylation is 1. The van der Waals surface area contributed by atoms with E-state index in [9.17, 15) is 14.0 Å². The van der Waals surface area contributed by atoms with Gasteiger partial charge in [-0.3, -0.25) is 4.79 Å². The minimum atomic E-state index is -0.704. The van der Waals surface area contributed by atoms with E-state index < -0.39 is 11.5 Å². The van der Waals surface area contributed by atoms with Gasteiger partial charge in [-0.1, -0.05) is 48.5 Å². The Balaban J connectivity index is 1.79. The Bertz CT molecular complexity index is 945. The van der Waals surface area contributed by atoms with Crippen LogP contribution >= 0.6 is 0 Å². The predicted molar refractivity (Wildman–Crippen MR) is 91.8 cm³/mol. The van der Waals surface area contributed by atoms with E-state index in [1.807, 2.05) is 18.2 Å². The fourth-order valence-corrected chi connectivity index (χ4v) is 2.69. The number of hydrogen-bond donors (Lipinski definition) is 1. The summed E-state index contributed by atoms with van der Waals surface area (Å²) in [6.45, 7) is 0.211. The molecule has 0 aliphatic carbocycles. The molecule has 1 amide bonds. The molecular weight excluding hydrogens is 323 g/mol. The summed E-state index contributed by atoms with van der Waals surface area (Å²) in [6.07, 6.45) is 0.331. The smallest absolute Gasteiger partial charge is 0.351 e. The van der Waals surface area contributed by atoms with Crippen molar-refractivity contribution in [3.8, 4) is 11.3 Å². The molecule has 0 aliphatic rings. The van der Waals surface area contributed by atoms with Crippen molar-refractivity contribution in [2.75, 3.05) is 6.54 Å². The maximum atomic E-state index is 13.6. The molecule has 3 rings (SSSR count). The van der Waals surface area contributed by atoms with E-state index in [1.165, 1.54) is 10.8 Å². The lowest BCUT2D eigenvalue weighted by atomic mass is 10.1. The van der Waals surface area contributed by atoms with Gasteiger partial charge in [-0.2, -0.15) is 0 Å². The monoisotopic (exact) mass is 340 g/mol. The third kappa shape index (κ3) is 3.52. The summed E-state index contributed by atoms with van der Waals surface area (Å²) >= 11 is 0. The van der Waals surface area contributed by atoms with E-state index in [4.69, 9.17) is 4.52 Å². The van der Waals surface area contributed by atoms with Crippen LogP contribution in [-0.2, 0) is 13.5 Å². The number of nitrogens with zero attached hydrogens (tertiary/aromatic N) is 1. The van der Waals surface area contributed by atoms with Crippen molar-refractivity contribution in [2.45, 2.75) is 6.42 Å². The van der Waals surface area contributed by atoms with E-state index in [1.54, 1.807) is 37.4 Å². The largest absolute Gasteiger partial charge is 0.370 e. The number of carbonyl (C=O) groups is 1. The minimum absolute atomic E-state index is 0.0535. The van der Waals surface area contributed by atoms with Crippen LogP contribution in [0.15, 0.2) is 63.9 Å². The SMILES string of the molecule is Cn1oc(=O)c(C(=O)NCCc2ccccc2F)c1-c1ccccc1. The minimum Gasteiger partial charge on any atom is -0.351 e. The molecule has 25 heavy (non-hydrogen) atoms. The van der Waals surface area contributed by atoms with E-state index in [0.29, 0.717) is 23.2 Å². The van der Waals surface area contributed by atoms with Crippen LogP contribution in [0.1, 0.15) is 15.9 Å². The lowest BCUT2D eigenvalue weighted by Gasteiger charge is -2.07. The van der Waals surface area contributed by atoms with Crippen LogP contribution in [0.5, 0.6) is 0 Å². The normalized spacial score (nSPS) is 10.6. The lowest BCUT2D eigenvalue weighted by Crippen LogP contribution is -2.29. The van der Waals surface area contributed by atoms with Gasteiger partial charge in [0.25, 0.3) is 5.91 Å². The molecule has 0 fully saturated rings. The number of carbonyl (C=O) groups excluding carboxylic acids is 1. The molecule has 128 valence electrons. The van der Waals surface area contributed by atoms with Gasteiger partial charge in [-0.25, -0.2) is 13.9 Å². The number of aromatic nitrogens is 1. The number of benzene rings is 2. The van der Waals surface area contributed by atoms with Gasteiger partial charge in [0.05, 0.1) is 0 Å². The van der Waals surface area contributed by atoms with E-state index in [-0.39, 0.29) is 17.9 Å². The van der Waals surface area contributed by atoms with E-state index >= 15 is 0 Å². The number of halogens is 1. The molecule has 3 aromatic rings. The number of hydrogen-bond acceptors (Lipinski definition) is 3. The zero-order valence-corrected chi connectivity index (χ0v) is 13.7. The van der Waals surface area contributed by atoms with Crippen LogP contribution in [0, 0.1) is 5.82 Å². The maximum Gasteiger partial charge on any atom is 0.370 e. The Morgan fingerprint density at radius 1 is 1.12 bits per heavy atom. The fourth-order valence-electron chi connectivity index (χ4n) is 2.69. The summed E-state index contributed by atoms with van der Waals surface area (Å²) in [5.74, 6) is -0.856. The van der Waals surface area contributed by atoms with Gasteiger partial charge in [-0.15, -0.1) is 0 Å². The van der Waals surface area contributed by atoms with Crippen LogP contribution in [0.2, 0.25) is 0 Å². The van der Waals surface area contributed by atoms with Crippen LogP contribution in [0.4, 0.5) is 4.39 Å². The number of nitrogens with one attached hydrogen (secondary N) is 1. The van der Waals surface area contributed by atoms with E-state index in [0.717, 1.165) is 0 Å². The molecular formula is C19H17FN2O3. The molecule has 1 heterocycles. The fraction of sp³-hybridized carbons (Fsp3) is 0.158. The van der Waals surface area contributed by atoms with Crippen LogP contribution in [-0.4, -0.2) is 17.2 Å². The second kappa shape index (κ2) is 7.17.